The fourth-order valence-corrected chi connectivity index (χ4v) is 2.90. The van der Waals surface area contributed by atoms with Crippen LogP contribution in [0.25, 0.3) is 0 Å². The van der Waals surface area contributed by atoms with Crippen molar-refractivity contribution in [1.82, 2.24) is 4.98 Å². The third-order valence-electron chi connectivity index (χ3n) is 2.50. The number of nitrogens with one attached hydrogen (secondary N) is 1. The molecule has 0 spiro atoms. The smallest absolute Gasteiger partial charge is 0.236 e. The Hall–Kier alpha value is -1.66. The van der Waals surface area contributed by atoms with Gasteiger partial charge in [0.15, 0.2) is 10.9 Å². The molecule has 1 amide bonds. The van der Waals surface area contributed by atoms with Gasteiger partial charge in [0.1, 0.15) is 5.69 Å². The lowest BCUT2D eigenvalue weighted by molar-refractivity contribution is -0.113. The molecule has 1 aromatic heterocycles. The second-order valence-electron chi connectivity index (χ2n) is 4.24. The molecular formula is C14H14N2O2S2. The standard InChI is InChI=1S/C14H14N2O2S2/c1-9-3-5-11(6-4-9)19-8-13(18)16-14-15-12(7-20-14)10(2)17/h3-7H,8H2,1-2H3,(H,15,16,18). The van der Waals surface area contributed by atoms with Gasteiger partial charge >= 0.3 is 0 Å². The van der Waals surface area contributed by atoms with Crippen molar-refractivity contribution in [2.45, 2.75) is 18.7 Å². The molecule has 4 nitrogen and oxygen atoms in total. The molecule has 6 heteroatoms. The first-order valence-corrected chi connectivity index (χ1v) is 7.87. The predicted molar refractivity (Wildman–Crippen MR) is 82.7 cm³/mol. The van der Waals surface area contributed by atoms with Crippen LogP contribution in [-0.4, -0.2) is 22.4 Å². The number of amides is 1. The van der Waals surface area contributed by atoms with Crippen LogP contribution in [0, 0.1) is 6.92 Å². The molecule has 0 radical (unpaired) electrons. The lowest BCUT2D eigenvalue weighted by atomic mass is 10.2. The lowest BCUT2D eigenvalue weighted by Crippen LogP contribution is -2.14. The maximum absolute atomic E-state index is 11.8. The van der Waals surface area contributed by atoms with Gasteiger partial charge in [-0.2, -0.15) is 0 Å². The summed E-state index contributed by atoms with van der Waals surface area (Å²) in [6.45, 7) is 3.48. The van der Waals surface area contributed by atoms with E-state index in [9.17, 15) is 9.59 Å². The highest BCUT2D eigenvalue weighted by atomic mass is 32.2. The van der Waals surface area contributed by atoms with Crippen LogP contribution < -0.4 is 5.32 Å². The van der Waals surface area contributed by atoms with E-state index in [0.717, 1.165) is 4.90 Å². The maximum atomic E-state index is 11.8. The fraction of sp³-hybridized carbons (Fsp3) is 0.214. The molecule has 104 valence electrons. The van der Waals surface area contributed by atoms with E-state index in [1.807, 2.05) is 31.2 Å². The predicted octanol–water partition coefficient (Wildman–Crippen LogP) is 3.38. The van der Waals surface area contributed by atoms with E-state index in [0.29, 0.717) is 16.6 Å². The number of carbonyl (C=O) groups excluding carboxylic acids is 2. The number of anilines is 1. The summed E-state index contributed by atoms with van der Waals surface area (Å²) in [6, 6.07) is 8.01. The number of rotatable bonds is 5. The van der Waals surface area contributed by atoms with Crippen molar-refractivity contribution < 1.29 is 9.59 Å². The van der Waals surface area contributed by atoms with E-state index in [1.54, 1.807) is 5.38 Å². The van der Waals surface area contributed by atoms with Gasteiger partial charge in [0.05, 0.1) is 5.75 Å². The van der Waals surface area contributed by atoms with Crippen LogP contribution >= 0.6 is 23.1 Å². The normalized spacial score (nSPS) is 10.3. The largest absolute Gasteiger partial charge is 0.301 e. The number of aromatic nitrogens is 1. The van der Waals surface area contributed by atoms with E-state index < -0.39 is 0 Å². The molecule has 20 heavy (non-hydrogen) atoms. The zero-order valence-corrected chi connectivity index (χ0v) is 12.8. The number of carbonyl (C=O) groups is 2. The minimum Gasteiger partial charge on any atom is -0.301 e. The second-order valence-corrected chi connectivity index (χ2v) is 6.15. The van der Waals surface area contributed by atoms with Gasteiger partial charge in [-0.25, -0.2) is 4.98 Å². The van der Waals surface area contributed by atoms with Crippen LogP contribution in [0.3, 0.4) is 0 Å². The van der Waals surface area contributed by atoms with E-state index in [1.165, 1.54) is 35.6 Å². The highest BCUT2D eigenvalue weighted by molar-refractivity contribution is 8.00. The minimum atomic E-state index is -0.125. The van der Waals surface area contributed by atoms with Crippen molar-refractivity contribution in [2.24, 2.45) is 0 Å². The first-order chi connectivity index (χ1) is 9.54. The summed E-state index contributed by atoms with van der Waals surface area (Å²) >= 11 is 2.72. The van der Waals surface area contributed by atoms with Gasteiger partial charge in [-0.05, 0) is 19.1 Å². The van der Waals surface area contributed by atoms with Gasteiger partial charge < -0.3 is 5.32 Å². The van der Waals surface area contributed by atoms with Crippen LogP contribution in [0.4, 0.5) is 5.13 Å². The zero-order chi connectivity index (χ0) is 14.5. The Morgan fingerprint density at radius 2 is 2.00 bits per heavy atom. The third-order valence-corrected chi connectivity index (χ3v) is 4.27. The Morgan fingerprint density at radius 1 is 1.30 bits per heavy atom. The number of hydrogen-bond acceptors (Lipinski definition) is 5. The topological polar surface area (TPSA) is 59.1 Å². The Kier molecular flexibility index (Phi) is 4.92. The minimum absolute atomic E-state index is 0.101. The van der Waals surface area contributed by atoms with Crippen LogP contribution in [0.15, 0.2) is 34.5 Å². The van der Waals surface area contributed by atoms with Gasteiger partial charge in [0, 0.05) is 17.2 Å². The molecule has 0 aliphatic rings. The Balaban J connectivity index is 1.85. The lowest BCUT2D eigenvalue weighted by Gasteiger charge is -2.02. The maximum Gasteiger partial charge on any atom is 0.236 e. The molecule has 1 heterocycles. The molecule has 0 saturated carbocycles. The zero-order valence-electron chi connectivity index (χ0n) is 11.2. The Bertz CT molecular complexity index is 620. The molecule has 2 rings (SSSR count). The summed E-state index contributed by atoms with van der Waals surface area (Å²) in [7, 11) is 0. The molecule has 0 fully saturated rings. The molecule has 0 aliphatic carbocycles. The van der Waals surface area contributed by atoms with Crippen molar-refractivity contribution in [1.29, 1.82) is 0 Å². The Labute approximate surface area is 125 Å². The van der Waals surface area contributed by atoms with Crippen molar-refractivity contribution in [2.75, 3.05) is 11.1 Å². The molecule has 0 bridgehead atoms. The van der Waals surface area contributed by atoms with E-state index in [-0.39, 0.29) is 11.7 Å². The van der Waals surface area contributed by atoms with E-state index in [4.69, 9.17) is 0 Å². The molecule has 1 N–H and O–H groups in total. The summed E-state index contributed by atoms with van der Waals surface area (Å²) in [6.07, 6.45) is 0. The van der Waals surface area contributed by atoms with Crippen molar-refractivity contribution in [3.8, 4) is 0 Å². The molecule has 0 saturated heterocycles. The summed E-state index contributed by atoms with van der Waals surface area (Å²) in [5.41, 5.74) is 1.58. The van der Waals surface area contributed by atoms with Crippen LogP contribution in [0.1, 0.15) is 23.0 Å². The van der Waals surface area contributed by atoms with Gasteiger partial charge in [-0.1, -0.05) is 17.7 Å². The van der Waals surface area contributed by atoms with E-state index in [2.05, 4.69) is 10.3 Å². The number of benzene rings is 1. The monoisotopic (exact) mass is 306 g/mol. The first-order valence-electron chi connectivity index (χ1n) is 6.00. The first kappa shape index (κ1) is 14.7. The Morgan fingerprint density at radius 3 is 2.60 bits per heavy atom. The molecule has 2 aromatic rings. The van der Waals surface area contributed by atoms with Crippen LogP contribution in [0.2, 0.25) is 0 Å². The van der Waals surface area contributed by atoms with E-state index >= 15 is 0 Å². The van der Waals surface area contributed by atoms with Gasteiger partial charge in [-0.15, -0.1) is 23.1 Å². The average Bonchev–Trinajstić information content (AvgIpc) is 2.87. The number of thiazole rings is 1. The number of aryl methyl sites for hydroxylation is 1. The summed E-state index contributed by atoms with van der Waals surface area (Å²) in [4.78, 5) is 28.0. The highest BCUT2D eigenvalue weighted by Gasteiger charge is 2.09. The van der Waals surface area contributed by atoms with Gasteiger partial charge in [-0.3, -0.25) is 9.59 Å². The fourth-order valence-electron chi connectivity index (χ4n) is 1.43. The SMILES string of the molecule is CC(=O)c1csc(NC(=O)CSc2ccc(C)cc2)n1. The number of thioether (sulfide) groups is 1. The van der Waals surface area contributed by atoms with Crippen molar-refractivity contribution in [3.63, 3.8) is 0 Å². The number of nitrogens with zero attached hydrogens (tertiary/aromatic N) is 1. The summed E-state index contributed by atoms with van der Waals surface area (Å²) in [5.74, 6) is 0.0914. The van der Waals surface area contributed by atoms with Crippen molar-refractivity contribution in [3.05, 3.63) is 40.9 Å². The summed E-state index contributed by atoms with van der Waals surface area (Å²) in [5, 5.41) is 4.80. The second kappa shape index (κ2) is 6.67. The average molecular weight is 306 g/mol. The van der Waals surface area contributed by atoms with Crippen LogP contribution in [-0.2, 0) is 4.79 Å². The summed E-state index contributed by atoms with van der Waals surface area (Å²) < 4.78 is 0. The van der Waals surface area contributed by atoms with Gasteiger partial charge in [0.2, 0.25) is 5.91 Å². The number of ketones is 1. The molecule has 0 aliphatic heterocycles. The van der Waals surface area contributed by atoms with Gasteiger partial charge in [0.25, 0.3) is 0 Å². The van der Waals surface area contributed by atoms with Crippen LogP contribution in [0.5, 0.6) is 0 Å². The molecular weight excluding hydrogens is 292 g/mol. The molecule has 0 atom stereocenters. The highest BCUT2D eigenvalue weighted by Crippen LogP contribution is 2.20. The molecule has 0 unspecified atom stereocenters. The third kappa shape index (κ3) is 4.18. The molecule has 1 aromatic carbocycles. The number of hydrogen-bond donors (Lipinski definition) is 1. The number of Topliss-reactive ketones (excluding diaryl/α,β-unsaturated/α-hetero) is 1. The van der Waals surface area contributed by atoms with Crippen molar-refractivity contribution >= 4 is 39.9 Å². The quantitative estimate of drug-likeness (QED) is 0.679.